The molecule has 0 aromatic carbocycles. The van der Waals surface area contributed by atoms with E-state index in [9.17, 15) is 18.0 Å². The summed E-state index contributed by atoms with van der Waals surface area (Å²) in [5.41, 5.74) is 0.594. The van der Waals surface area contributed by atoms with E-state index in [1.54, 1.807) is 0 Å². The molecule has 0 radical (unpaired) electrons. The lowest BCUT2D eigenvalue weighted by Crippen LogP contribution is -2.75. The number of rotatable bonds is 4. The number of nitrogens with one attached hydrogen (secondary N) is 1. The summed E-state index contributed by atoms with van der Waals surface area (Å²) in [4.78, 5) is 25.0. The lowest BCUT2D eigenvalue weighted by atomic mass is 9.31. The molecule has 0 atom stereocenters. The Morgan fingerprint density at radius 2 is 1.80 bits per heavy atom. The van der Waals surface area contributed by atoms with Crippen molar-refractivity contribution in [3.8, 4) is 0 Å². The highest BCUT2D eigenvalue weighted by atomic mass is 19.4. The van der Waals surface area contributed by atoms with Crippen molar-refractivity contribution >= 4 is 6.03 Å². The lowest BCUT2D eigenvalue weighted by Gasteiger charge is -2.74. The molecular weight excluding hydrogens is 461 g/mol. The van der Waals surface area contributed by atoms with Crippen LogP contribution >= 0.6 is 0 Å². The van der Waals surface area contributed by atoms with Gasteiger partial charge in [-0.05, 0) is 56.3 Å². The number of likely N-dealkylation sites (tertiary alicyclic amines) is 2. The second kappa shape index (κ2) is 6.18. The Bertz CT molecular complexity index is 1190. The predicted octanol–water partition coefficient (Wildman–Crippen LogP) is 3.10. The van der Waals surface area contributed by atoms with E-state index in [2.05, 4.69) is 20.3 Å². The van der Waals surface area contributed by atoms with Crippen LogP contribution in [0.25, 0.3) is 0 Å². The molecule has 1 spiro atoms. The van der Waals surface area contributed by atoms with E-state index in [1.807, 2.05) is 9.80 Å². The second-order valence-corrected chi connectivity index (χ2v) is 12.3. The zero-order valence-corrected chi connectivity index (χ0v) is 19.3. The van der Waals surface area contributed by atoms with Crippen LogP contribution in [0.5, 0.6) is 0 Å². The highest BCUT2D eigenvalue weighted by molar-refractivity contribution is 5.76. The maximum Gasteiger partial charge on any atom is 0.453 e. The maximum absolute atomic E-state index is 12.9. The van der Waals surface area contributed by atoms with Crippen LogP contribution in [0.3, 0.4) is 0 Å². The van der Waals surface area contributed by atoms with Crippen molar-refractivity contribution in [3.05, 3.63) is 23.8 Å². The minimum Gasteiger partial charge on any atom is -0.324 e. The zero-order chi connectivity index (χ0) is 23.8. The van der Waals surface area contributed by atoms with Gasteiger partial charge in [0.25, 0.3) is 5.82 Å². The van der Waals surface area contributed by atoms with Crippen molar-refractivity contribution in [3.63, 3.8) is 0 Å². The van der Waals surface area contributed by atoms with Crippen LogP contribution in [-0.4, -0.2) is 72.0 Å². The van der Waals surface area contributed by atoms with Crippen molar-refractivity contribution < 1.29 is 18.0 Å². The minimum absolute atomic E-state index is 0.0328. The molecule has 2 aromatic heterocycles. The van der Waals surface area contributed by atoms with Crippen molar-refractivity contribution in [1.29, 1.82) is 0 Å². The van der Waals surface area contributed by atoms with Gasteiger partial charge in [0.2, 0.25) is 0 Å². The number of hydrogen-bond acceptors (Lipinski definition) is 5. The Hall–Kier alpha value is -2.66. The summed E-state index contributed by atoms with van der Waals surface area (Å²) in [5, 5.41) is 11.3. The highest BCUT2D eigenvalue weighted by Crippen LogP contribution is 2.76. The molecular formula is C23H27F3N8O. The molecule has 186 valence electrons. The van der Waals surface area contributed by atoms with Crippen LogP contribution in [0.1, 0.15) is 74.4 Å². The zero-order valence-electron chi connectivity index (χ0n) is 19.3. The van der Waals surface area contributed by atoms with Gasteiger partial charge < -0.3 is 9.80 Å². The number of aromatic nitrogens is 6. The first-order chi connectivity index (χ1) is 16.7. The first-order valence-corrected chi connectivity index (χ1v) is 12.6. The van der Waals surface area contributed by atoms with Gasteiger partial charge in [0.05, 0.1) is 6.04 Å². The number of H-pyrrole nitrogens is 1. The number of carbonyl (C=O) groups is 1. The van der Waals surface area contributed by atoms with Crippen molar-refractivity contribution in [1.82, 2.24) is 39.7 Å². The van der Waals surface area contributed by atoms with E-state index in [-0.39, 0.29) is 22.9 Å². The predicted molar refractivity (Wildman–Crippen MR) is 114 cm³/mol. The molecule has 7 fully saturated rings. The van der Waals surface area contributed by atoms with Crippen molar-refractivity contribution in [2.45, 2.75) is 68.5 Å². The summed E-state index contributed by atoms with van der Waals surface area (Å²) in [6.45, 7) is 3.04. The van der Waals surface area contributed by atoms with E-state index in [4.69, 9.17) is 4.98 Å². The fraction of sp³-hybridized carbons (Fsp3) is 0.783. The molecule has 2 amide bonds. The SMILES string of the molecule is O=C(N1CC(C23CC(c4n[nH]c(C5CC5)n4)(C2)C3)C1)N1CC2(CC(n3cnc(C(F)(F)F)n3)C2)C1. The third-order valence-electron chi connectivity index (χ3n) is 9.83. The summed E-state index contributed by atoms with van der Waals surface area (Å²) >= 11 is 0. The molecule has 1 N–H and O–H groups in total. The van der Waals surface area contributed by atoms with Gasteiger partial charge in [-0.3, -0.25) is 5.10 Å². The molecule has 35 heavy (non-hydrogen) atoms. The average molecular weight is 489 g/mol. The fourth-order valence-electron chi connectivity index (χ4n) is 7.67. The van der Waals surface area contributed by atoms with Gasteiger partial charge in [-0.2, -0.15) is 18.3 Å². The summed E-state index contributed by atoms with van der Waals surface area (Å²) < 4.78 is 39.5. The van der Waals surface area contributed by atoms with E-state index in [0.29, 0.717) is 30.3 Å². The molecule has 2 aliphatic heterocycles. The number of urea groups is 1. The van der Waals surface area contributed by atoms with Gasteiger partial charge in [-0.25, -0.2) is 19.4 Å². The first kappa shape index (κ1) is 20.5. The smallest absolute Gasteiger partial charge is 0.324 e. The van der Waals surface area contributed by atoms with Crippen LogP contribution < -0.4 is 0 Å². The minimum atomic E-state index is -4.52. The summed E-state index contributed by atoms with van der Waals surface area (Å²) in [5.74, 6) is 2.17. The van der Waals surface area contributed by atoms with E-state index in [0.717, 1.165) is 56.8 Å². The van der Waals surface area contributed by atoms with Gasteiger partial charge in [0.1, 0.15) is 12.2 Å². The molecule has 7 aliphatic rings. The first-order valence-electron chi connectivity index (χ1n) is 12.6. The quantitative estimate of drug-likeness (QED) is 0.714. The van der Waals surface area contributed by atoms with Crippen LogP contribution in [-0.2, 0) is 11.6 Å². The third-order valence-corrected chi connectivity index (χ3v) is 9.83. The molecule has 12 heteroatoms. The van der Waals surface area contributed by atoms with Crippen LogP contribution in [0, 0.1) is 16.7 Å². The number of aromatic amines is 1. The van der Waals surface area contributed by atoms with Gasteiger partial charge in [-0.15, -0.1) is 5.10 Å². The Morgan fingerprint density at radius 3 is 2.43 bits per heavy atom. The largest absolute Gasteiger partial charge is 0.453 e. The Kier molecular flexibility index (Phi) is 3.62. The number of carbonyl (C=O) groups excluding carboxylic acids is 1. The Labute approximate surface area is 199 Å². The normalized spacial score (nSPS) is 33.6. The molecule has 2 saturated heterocycles. The molecule has 4 heterocycles. The lowest BCUT2D eigenvalue weighted by molar-refractivity contribution is -0.211. The number of hydrogen-bond donors (Lipinski definition) is 1. The molecule has 0 unspecified atom stereocenters. The van der Waals surface area contributed by atoms with Crippen LogP contribution in [0.15, 0.2) is 6.33 Å². The second-order valence-electron chi connectivity index (χ2n) is 12.3. The van der Waals surface area contributed by atoms with Crippen LogP contribution in [0.4, 0.5) is 18.0 Å². The molecule has 5 aliphatic carbocycles. The monoisotopic (exact) mass is 488 g/mol. The van der Waals surface area contributed by atoms with Gasteiger partial charge in [0.15, 0.2) is 5.82 Å². The Balaban J connectivity index is 0.806. The number of halogens is 3. The van der Waals surface area contributed by atoms with Gasteiger partial charge in [0, 0.05) is 42.9 Å². The average Bonchev–Trinajstić information content (AvgIpc) is 3.16. The highest BCUT2D eigenvalue weighted by Gasteiger charge is 2.74. The third kappa shape index (κ3) is 2.79. The maximum atomic E-state index is 12.9. The van der Waals surface area contributed by atoms with E-state index >= 15 is 0 Å². The number of nitrogens with zero attached hydrogens (tertiary/aromatic N) is 7. The number of amides is 2. The van der Waals surface area contributed by atoms with E-state index in [1.165, 1.54) is 23.9 Å². The van der Waals surface area contributed by atoms with Crippen molar-refractivity contribution in [2.75, 3.05) is 26.2 Å². The van der Waals surface area contributed by atoms with E-state index < -0.39 is 12.0 Å². The molecule has 5 saturated carbocycles. The van der Waals surface area contributed by atoms with Gasteiger partial charge in [-0.1, -0.05) is 0 Å². The summed E-state index contributed by atoms with van der Waals surface area (Å²) in [7, 11) is 0. The molecule has 9 nitrogen and oxygen atoms in total. The molecule has 2 bridgehead atoms. The van der Waals surface area contributed by atoms with Crippen molar-refractivity contribution in [2.24, 2.45) is 16.7 Å². The fourth-order valence-corrected chi connectivity index (χ4v) is 7.67. The standard InChI is InChI=1S/C23H27F3N8O/c24-23(25,26)18-27-12-34(31-18)15-3-20(4-15)10-33(11-20)19(35)32-5-14(6-32)21-7-22(8-21,9-21)17-28-16(29-30-17)13-1-2-13/h12-15H,1-11H2,(H,28,29,30). The summed E-state index contributed by atoms with van der Waals surface area (Å²) in [6, 6.07) is 0.0463. The topological polar surface area (TPSA) is 95.8 Å². The number of alkyl halides is 3. The van der Waals surface area contributed by atoms with Gasteiger partial charge >= 0.3 is 12.2 Å². The molecule has 2 aromatic rings. The Morgan fingerprint density at radius 1 is 1.09 bits per heavy atom. The molecule has 9 rings (SSSR count). The van der Waals surface area contributed by atoms with Crippen LogP contribution in [0.2, 0.25) is 0 Å². The summed E-state index contributed by atoms with van der Waals surface area (Å²) in [6.07, 6.45) is 4.05.